The lowest BCUT2D eigenvalue weighted by Gasteiger charge is -2.31. The summed E-state index contributed by atoms with van der Waals surface area (Å²) >= 11 is 14.7. The van der Waals surface area contributed by atoms with E-state index >= 15 is 0 Å². The standard InChI is InChI=1S/C30H20Cl2F3N3O4S2/c1-14-9-11-15(12-10-14)38-26(40)22-21(16-5-4-7-18(31)23(16)32)25-28(43-24(22)27(38)41)37(29(42)44-25)13-20(39)36-19-8-3-2-6-17(19)30(33,34)35/h2-12,21-22,24H,13H2,1H3,(H,36,39)/t21-,22-,24+/m0/s1. The SMILES string of the molecule is Cc1ccc(N2C(=O)[C@H]3[C@H](c4cccc(Cl)c4Cl)c4sc(=O)n(CC(=O)Nc5ccccc5C(F)(F)F)c4S[C@H]3C2=O)cc1. The maximum absolute atomic E-state index is 14.0. The van der Waals surface area contributed by atoms with Gasteiger partial charge in [0.25, 0.3) is 0 Å². The van der Waals surface area contributed by atoms with Crippen LogP contribution in [0.5, 0.6) is 0 Å². The molecule has 2 aliphatic heterocycles. The van der Waals surface area contributed by atoms with E-state index < -0.39 is 63.7 Å². The van der Waals surface area contributed by atoms with Gasteiger partial charge >= 0.3 is 11.0 Å². The molecule has 0 radical (unpaired) electrons. The highest BCUT2D eigenvalue weighted by atomic mass is 35.5. The van der Waals surface area contributed by atoms with Crippen LogP contribution < -0.4 is 15.1 Å². The molecule has 1 N–H and O–H groups in total. The van der Waals surface area contributed by atoms with Crippen LogP contribution in [-0.4, -0.2) is 27.5 Å². The zero-order chi connectivity index (χ0) is 31.5. The molecule has 3 atom stereocenters. The van der Waals surface area contributed by atoms with Gasteiger partial charge in [-0.15, -0.1) is 0 Å². The minimum Gasteiger partial charge on any atom is -0.324 e. The highest BCUT2D eigenvalue weighted by Gasteiger charge is 2.57. The molecular weight excluding hydrogens is 658 g/mol. The van der Waals surface area contributed by atoms with Crippen LogP contribution in [0, 0.1) is 12.8 Å². The number of carbonyl (C=O) groups excluding carboxylic acids is 3. The van der Waals surface area contributed by atoms with Crippen molar-refractivity contribution in [2.75, 3.05) is 10.2 Å². The summed E-state index contributed by atoms with van der Waals surface area (Å²) in [6.07, 6.45) is -4.71. The molecule has 0 spiro atoms. The zero-order valence-corrected chi connectivity index (χ0v) is 25.7. The van der Waals surface area contributed by atoms with E-state index in [-0.39, 0.29) is 15.1 Å². The van der Waals surface area contributed by atoms with Crippen molar-refractivity contribution >= 4 is 75.4 Å². The van der Waals surface area contributed by atoms with Gasteiger partial charge in [-0.1, -0.05) is 88.3 Å². The Morgan fingerprint density at radius 1 is 0.955 bits per heavy atom. The predicted octanol–water partition coefficient (Wildman–Crippen LogP) is 6.98. The number of alkyl halides is 3. The number of imide groups is 1. The molecule has 4 aromatic rings. The number of fused-ring (bicyclic) bond motifs is 2. The van der Waals surface area contributed by atoms with E-state index in [1.807, 2.05) is 6.92 Å². The number of benzene rings is 3. The number of rotatable bonds is 5. The number of aryl methyl sites for hydroxylation is 1. The summed E-state index contributed by atoms with van der Waals surface area (Å²) in [4.78, 5) is 55.1. The summed E-state index contributed by atoms with van der Waals surface area (Å²) in [6.45, 7) is 1.25. The van der Waals surface area contributed by atoms with Gasteiger partial charge < -0.3 is 5.32 Å². The van der Waals surface area contributed by atoms with E-state index in [1.165, 1.54) is 12.1 Å². The largest absolute Gasteiger partial charge is 0.418 e. The van der Waals surface area contributed by atoms with Crippen LogP contribution in [0.4, 0.5) is 24.5 Å². The number of thioether (sulfide) groups is 1. The molecular formula is C30H20Cl2F3N3O4S2. The number of aromatic nitrogens is 1. The van der Waals surface area contributed by atoms with Crippen molar-refractivity contribution in [3.05, 3.63) is 108 Å². The Bertz CT molecular complexity index is 1890. The molecule has 0 bridgehead atoms. The van der Waals surface area contributed by atoms with E-state index in [4.69, 9.17) is 23.2 Å². The summed E-state index contributed by atoms with van der Waals surface area (Å²) in [5, 5.41) is 1.89. The number of anilines is 2. The van der Waals surface area contributed by atoms with Crippen molar-refractivity contribution in [1.82, 2.24) is 4.57 Å². The Kier molecular flexibility index (Phi) is 7.89. The number of para-hydroxylation sites is 1. The van der Waals surface area contributed by atoms with Gasteiger partial charge in [0.1, 0.15) is 11.8 Å². The van der Waals surface area contributed by atoms with Crippen LogP contribution >= 0.6 is 46.3 Å². The predicted molar refractivity (Wildman–Crippen MR) is 164 cm³/mol. The van der Waals surface area contributed by atoms with Gasteiger partial charge in [-0.25, -0.2) is 4.90 Å². The summed E-state index contributed by atoms with van der Waals surface area (Å²) in [6, 6.07) is 16.3. The van der Waals surface area contributed by atoms with Crippen molar-refractivity contribution in [3.8, 4) is 0 Å². The number of carbonyl (C=O) groups is 3. The second kappa shape index (κ2) is 11.4. The molecule has 7 nitrogen and oxygen atoms in total. The molecule has 1 fully saturated rings. The molecule has 2 aliphatic rings. The highest BCUT2D eigenvalue weighted by molar-refractivity contribution is 8.00. The molecule has 1 saturated heterocycles. The fourth-order valence-electron chi connectivity index (χ4n) is 5.47. The zero-order valence-electron chi connectivity index (χ0n) is 22.5. The van der Waals surface area contributed by atoms with Crippen LogP contribution in [0.2, 0.25) is 10.0 Å². The average molecular weight is 679 g/mol. The summed E-state index contributed by atoms with van der Waals surface area (Å²) in [7, 11) is 0. The number of halogens is 5. The lowest BCUT2D eigenvalue weighted by atomic mass is 9.83. The van der Waals surface area contributed by atoms with Gasteiger partial charge in [-0.05, 0) is 42.8 Å². The molecule has 3 aromatic carbocycles. The fourth-order valence-corrected chi connectivity index (χ4v) is 8.66. The Hall–Kier alpha value is -3.58. The first-order valence-electron chi connectivity index (χ1n) is 13.1. The maximum Gasteiger partial charge on any atom is 0.418 e. The fraction of sp³-hybridized carbons (Fsp3) is 0.200. The van der Waals surface area contributed by atoms with Crippen LogP contribution in [-0.2, 0) is 27.1 Å². The Morgan fingerprint density at radius 3 is 2.36 bits per heavy atom. The van der Waals surface area contributed by atoms with Crippen LogP contribution in [0.15, 0.2) is 76.6 Å². The maximum atomic E-state index is 14.0. The van der Waals surface area contributed by atoms with Crippen LogP contribution in [0.3, 0.4) is 0 Å². The number of thiazole rings is 1. The van der Waals surface area contributed by atoms with Gasteiger partial charge in [-0.3, -0.25) is 23.7 Å². The van der Waals surface area contributed by atoms with E-state index in [1.54, 1.807) is 42.5 Å². The Balaban J connectivity index is 1.42. The molecule has 0 unspecified atom stereocenters. The normalized spacial score (nSPS) is 19.6. The lowest BCUT2D eigenvalue weighted by molar-refractivity contribution is -0.137. The van der Waals surface area contributed by atoms with E-state index in [2.05, 4.69) is 5.32 Å². The van der Waals surface area contributed by atoms with E-state index in [0.717, 1.165) is 50.3 Å². The first-order valence-corrected chi connectivity index (χ1v) is 15.6. The molecule has 6 rings (SSSR count). The van der Waals surface area contributed by atoms with Gasteiger partial charge in [0.15, 0.2) is 0 Å². The van der Waals surface area contributed by atoms with Crippen molar-refractivity contribution in [2.45, 2.75) is 35.8 Å². The Labute approximate surface area is 266 Å². The summed E-state index contributed by atoms with van der Waals surface area (Å²) < 4.78 is 41.6. The first kappa shape index (κ1) is 30.4. The van der Waals surface area contributed by atoms with Crippen molar-refractivity contribution in [2.24, 2.45) is 5.92 Å². The number of amides is 3. The highest BCUT2D eigenvalue weighted by Crippen LogP contribution is 2.55. The van der Waals surface area contributed by atoms with Crippen LogP contribution in [0.1, 0.15) is 27.5 Å². The number of hydrogen-bond acceptors (Lipinski definition) is 6. The molecule has 14 heteroatoms. The van der Waals surface area contributed by atoms with Gasteiger partial charge in [0.05, 0.1) is 37.9 Å². The molecule has 3 amide bonds. The average Bonchev–Trinajstić information content (AvgIpc) is 3.41. The minimum atomic E-state index is -4.71. The second-order valence-electron chi connectivity index (χ2n) is 10.2. The minimum absolute atomic E-state index is 0.152. The third-order valence-corrected chi connectivity index (χ3v) is 10.9. The Morgan fingerprint density at radius 2 is 1.66 bits per heavy atom. The first-order chi connectivity index (χ1) is 20.9. The van der Waals surface area contributed by atoms with Crippen molar-refractivity contribution in [1.29, 1.82) is 0 Å². The van der Waals surface area contributed by atoms with Gasteiger partial charge in [0, 0.05) is 10.8 Å². The molecule has 3 heterocycles. The number of nitrogens with one attached hydrogen (secondary N) is 1. The monoisotopic (exact) mass is 677 g/mol. The molecule has 1 aromatic heterocycles. The smallest absolute Gasteiger partial charge is 0.324 e. The van der Waals surface area contributed by atoms with Crippen molar-refractivity contribution in [3.63, 3.8) is 0 Å². The quantitative estimate of drug-likeness (QED) is 0.230. The second-order valence-corrected chi connectivity index (χ2v) is 13.2. The van der Waals surface area contributed by atoms with Crippen LogP contribution in [0.25, 0.3) is 0 Å². The molecule has 0 saturated carbocycles. The summed E-state index contributed by atoms with van der Waals surface area (Å²) in [5.74, 6) is -3.66. The third kappa shape index (κ3) is 5.23. The molecule has 226 valence electrons. The molecule has 44 heavy (non-hydrogen) atoms. The third-order valence-electron chi connectivity index (χ3n) is 7.47. The van der Waals surface area contributed by atoms with Gasteiger partial charge in [-0.2, -0.15) is 13.2 Å². The topological polar surface area (TPSA) is 88.5 Å². The number of nitrogens with zero attached hydrogens (tertiary/aromatic N) is 2. The molecule has 0 aliphatic carbocycles. The van der Waals surface area contributed by atoms with Gasteiger partial charge in [0.2, 0.25) is 17.7 Å². The lowest BCUT2D eigenvalue weighted by Crippen LogP contribution is -2.33. The number of hydrogen-bond donors (Lipinski definition) is 1. The van der Waals surface area contributed by atoms with E-state index in [9.17, 15) is 32.3 Å². The van der Waals surface area contributed by atoms with E-state index in [0.29, 0.717) is 16.1 Å². The summed E-state index contributed by atoms with van der Waals surface area (Å²) in [5.41, 5.74) is 0.265. The van der Waals surface area contributed by atoms with Crippen molar-refractivity contribution < 1.29 is 27.6 Å².